The number of aryl methyl sites for hydroxylation is 2. The van der Waals surface area contributed by atoms with Gasteiger partial charge in [0, 0.05) is 25.2 Å². The van der Waals surface area contributed by atoms with Crippen molar-refractivity contribution in [1.82, 2.24) is 15.1 Å². The molecule has 2 fully saturated rings. The quantitative estimate of drug-likeness (QED) is 0.872. The highest BCUT2D eigenvalue weighted by atomic mass is 32.1. The molecule has 2 saturated heterocycles. The molecule has 0 N–H and O–H groups in total. The first-order chi connectivity index (χ1) is 10.2. The van der Waals surface area contributed by atoms with Crippen LogP contribution in [0.3, 0.4) is 0 Å². The lowest BCUT2D eigenvalue weighted by molar-refractivity contribution is 0.225. The monoisotopic (exact) mass is 304 g/mol. The molecule has 0 aliphatic carbocycles. The van der Waals surface area contributed by atoms with Gasteiger partial charge in [-0.2, -0.15) is 0 Å². The summed E-state index contributed by atoms with van der Waals surface area (Å²) in [7, 11) is 0. The summed E-state index contributed by atoms with van der Waals surface area (Å²) in [4.78, 5) is 5.02. The molecule has 0 saturated carbocycles. The molecule has 2 aromatic rings. The maximum atomic E-state index is 5.85. The molecule has 4 rings (SSSR count). The summed E-state index contributed by atoms with van der Waals surface area (Å²) in [6.07, 6.45) is 2.42. The Hall–Kier alpha value is -1.40. The van der Waals surface area contributed by atoms with E-state index in [4.69, 9.17) is 4.42 Å². The largest absolute Gasteiger partial charge is 0.465 e. The topological polar surface area (TPSA) is 45.4 Å². The van der Waals surface area contributed by atoms with Crippen molar-refractivity contribution in [3.63, 3.8) is 0 Å². The minimum Gasteiger partial charge on any atom is -0.465 e. The maximum Gasteiger partial charge on any atom is 0.208 e. The summed E-state index contributed by atoms with van der Waals surface area (Å²) in [5.74, 6) is 2.14. The van der Waals surface area contributed by atoms with E-state index in [2.05, 4.69) is 33.0 Å². The van der Waals surface area contributed by atoms with Crippen LogP contribution in [0.5, 0.6) is 0 Å². The van der Waals surface area contributed by atoms with E-state index in [0.717, 1.165) is 36.3 Å². The van der Waals surface area contributed by atoms with Crippen molar-refractivity contribution >= 4 is 16.5 Å². The van der Waals surface area contributed by atoms with Crippen molar-refractivity contribution in [2.75, 3.05) is 18.0 Å². The van der Waals surface area contributed by atoms with E-state index in [-0.39, 0.29) is 0 Å². The van der Waals surface area contributed by atoms with Crippen LogP contribution in [-0.2, 0) is 6.54 Å². The SMILES string of the molecule is Cc1cc(CN2CC[C@@H]3[C@@H]2CCN3c2nncs2)oc1C. The van der Waals surface area contributed by atoms with E-state index in [1.54, 1.807) is 11.3 Å². The maximum absolute atomic E-state index is 5.85. The van der Waals surface area contributed by atoms with Gasteiger partial charge in [0.1, 0.15) is 17.0 Å². The first kappa shape index (κ1) is 13.3. The standard InChI is InChI=1S/C15H20N4OS/c1-10-7-12(20-11(10)2)8-18-5-3-14-13(18)4-6-19(14)15-17-16-9-21-15/h7,9,13-14H,3-6,8H2,1-2H3/t13-,14+/m0/s1. The van der Waals surface area contributed by atoms with E-state index in [1.807, 2.05) is 12.4 Å². The number of likely N-dealkylation sites (tertiary alicyclic amines) is 1. The third-order valence-electron chi connectivity index (χ3n) is 4.86. The average Bonchev–Trinajstić information content (AvgIpc) is 3.18. The fourth-order valence-corrected chi connectivity index (χ4v) is 4.37. The highest BCUT2D eigenvalue weighted by molar-refractivity contribution is 7.13. The fraction of sp³-hybridized carbons (Fsp3) is 0.600. The Labute approximate surface area is 128 Å². The van der Waals surface area contributed by atoms with Crippen LogP contribution >= 0.6 is 11.3 Å². The molecule has 0 amide bonds. The zero-order valence-electron chi connectivity index (χ0n) is 12.5. The third kappa shape index (κ3) is 2.26. The van der Waals surface area contributed by atoms with Gasteiger partial charge < -0.3 is 9.32 Å². The number of anilines is 1. The lowest BCUT2D eigenvalue weighted by Gasteiger charge is -2.24. The van der Waals surface area contributed by atoms with Crippen LogP contribution in [0.2, 0.25) is 0 Å². The lowest BCUT2D eigenvalue weighted by atomic mass is 10.1. The Kier molecular flexibility index (Phi) is 3.23. The van der Waals surface area contributed by atoms with Crippen molar-refractivity contribution in [2.24, 2.45) is 0 Å². The van der Waals surface area contributed by atoms with Gasteiger partial charge in [-0.1, -0.05) is 11.3 Å². The van der Waals surface area contributed by atoms with Gasteiger partial charge in [-0.15, -0.1) is 10.2 Å². The van der Waals surface area contributed by atoms with E-state index in [9.17, 15) is 0 Å². The van der Waals surface area contributed by atoms with E-state index < -0.39 is 0 Å². The molecular weight excluding hydrogens is 284 g/mol. The first-order valence-electron chi connectivity index (χ1n) is 7.55. The summed E-state index contributed by atoms with van der Waals surface area (Å²) in [5.41, 5.74) is 3.08. The number of fused-ring (bicyclic) bond motifs is 1. The van der Waals surface area contributed by atoms with Gasteiger partial charge in [0.2, 0.25) is 5.13 Å². The van der Waals surface area contributed by atoms with Gasteiger partial charge in [0.05, 0.1) is 6.54 Å². The highest BCUT2D eigenvalue weighted by Crippen LogP contribution is 2.36. The molecule has 2 aromatic heterocycles. The molecule has 5 nitrogen and oxygen atoms in total. The Balaban J connectivity index is 1.48. The van der Waals surface area contributed by atoms with E-state index in [0.29, 0.717) is 12.1 Å². The normalized spacial score (nSPS) is 25.7. The molecule has 2 aliphatic heterocycles. The van der Waals surface area contributed by atoms with E-state index >= 15 is 0 Å². The first-order valence-corrected chi connectivity index (χ1v) is 8.43. The second kappa shape index (κ2) is 5.10. The Morgan fingerprint density at radius 1 is 1.29 bits per heavy atom. The van der Waals surface area contributed by atoms with Crippen molar-refractivity contribution in [3.05, 3.63) is 28.7 Å². The summed E-state index contributed by atoms with van der Waals surface area (Å²) in [6, 6.07) is 3.40. The summed E-state index contributed by atoms with van der Waals surface area (Å²) < 4.78 is 5.85. The second-order valence-corrected chi connectivity index (χ2v) is 6.86. The van der Waals surface area contributed by atoms with Crippen molar-refractivity contribution in [2.45, 2.75) is 45.3 Å². The zero-order valence-corrected chi connectivity index (χ0v) is 13.3. The predicted molar refractivity (Wildman–Crippen MR) is 82.7 cm³/mol. The molecule has 0 radical (unpaired) electrons. The summed E-state index contributed by atoms with van der Waals surface area (Å²) in [6.45, 7) is 7.32. The molecular formula is C15H20N4OS. The van der Waals surface area contributed by atoms with Crippen molar-refractivity contribution in [1.29, 1.82) is 0 Å². The third-order valence-corrected chi connectivity index (χ3v) is 5.59. The number of aromatic nitrogens is 2. The average molecular weight is 304 g/mol. The minimum absolute atomic E-state index is 0.593. The van der Waals surface area contributed by atoms with Crippen LogP contribution in [0.4, 0.5) is 5.13 Å². The van der Waals surface area contributed by atoms with E-state index in [1.165, 1.54) is 18.4 Å². The number of furan rings is 1. The van der Waals surface area contributed by atoms with Crippen molar-refractivity contribution in [3.8, 4) is 0 Å². The molecule has 0 spiro atoms. The van der Waals surface area contributed by atoms with Crippen LogP contribution in [0.15, 0.2) is 16.0 Å². The van der Waals surface area contributed by atoms with Gasteiger partial charge >= 0.3 is 0 Å². The fourth-order valence-electron chi connectivity index (χ4n) is 3.73. The molecule has 0 unspecified atom stereocenters. The van der Waals surface area contributed by atoms with Gasteiger partial charge in [-0.05, 0) is 38.3 Å². The molecule has 2 aliphatic rings. The van der Waals surface area contributed by atoms with Crippen LogP contribution in [0, 0.1) is 13.8 Å². The van der Waals surface area contributed by atoms with Crippen LogP contribution in [-0.4, -0.2) is 40.3 Å². The Morgan fingerprint density at radius 3 is 2.86 bits per heavy atom. The molecule has 2 atom stereocenters. The van der Waals surface area contributed by atoms with Gasteiger partial charge in [0.15, 0.2) is 0 Å². The van der Waals surface area contributed by atoms with Gasteiger partial charge in [0.25, 0.3) is 0 Å². The zero-order chi connectivity index (χ0) is 14.4. The molecule has 0 aromatic carbocycles. The summed E-state index contributed by atoms with van der Waals surface area (Å²) >= 11 is 1.65. The Bertz CT molecular complexity index is 604. The number of hydrogen-bond acceptors (Lipinski definition) is 6. The highest BCUT2D eigenvalue weighted by Gasteiger charge is 2.43. The molecule has 112 valence electrons. The van der Waals surface area contributed by atoms with Crippen LogP contribution in [0.1, 0.15) is 29.9 Å². The number of hydrogen-bond donors (Lipinski definition) is 0. The molecule has 0 bridgehead atoms. The molecule has 21 heavy (non-hydrogen) atoms. The van der Waals surface area contributed by atoms with Crippen LogP contribution < -0.4 is 4.90 Å². The molecule has 6 heteroatoms. The van der Waals surface area contributed by atoms with Crippen molar-refractivity contribution < 1.29 is 4.42 Å². The van der Waals surface area contributed by atoms with Crippen LogP contribution in [0.25, 0.3) is 0 Å². The smallest absolute Gasteiger partial charge is 0.208 e. The Morgan fingerprint density at radius 2 is 2.14 bits per heavy atom. The number of rotatable bonds is 3. The second-order valence-electron chi connectivity index (χ2n) is 6.05. The lowest BCUT2D eigenvalue weighted by Crippen LogP contribution is -2.36. The minimum atomic E-state index is 0.593. The number of nitrogens with zero attached hydrogens (tertiary/aromatic N) is 4. The molecule has 4 heterocycles. The summed E-state index contributed by atoms with van der Waals surface area (Å²) in [5, 5.41) is 9.30. The van der Waals surface area contributed by atoms with Gasteiger partial charge in [-0.25, -0.2) is 0 Å². The van der Waals surface area contributed by atoms with Gasteiger partial charge in [-0.3, -0.25) is 4.90 Å². The predicted octanol–water partition coefficient (Wildman–Crippen LogP) is 2.60.